The fraction of sp³-hybridized carbons (Fsp3) is 0.703. The van der Waals surface area contributed by atoms with Crippen molar-refractivity contribution in [2.45, 2.75) is 114 Å². The van der Waals surface area contributed by atoms with Crippen LogP contribution in [0.2, 0.25) is 0 Å². The van der Waals surface area contributed by atoms with Crippen molar-refractivity contribution in [1.29, 1.82) is 0 Å². The van der Waals surface area contributed by atoms with E-state index in [2.05, 4.69) is 37.2 Å². The summed E-state index contributed by atoms with van der Waals surface area (Å²) in [5.74, 6) is -4.92. The fourth-order valence-electron chi connectivity index (χ4n) is 6.20. The number of thioether (sulfide) groups is 2. The van der Waals surface area contributed by atoms with Gasteiger partial charge in [-0.3, -0.25) is 53.0 Å². The van der Waals surface area contributed by atoms with E-state index in [1.165, 1.54) is 37.4 Å². The molecule has 0 radical (unpaired) electrons. The number of amides is 11. The molecule has 0 spiro atoms. The highest BCUT2D eigenvalue weighted by molar-refractivity contribution is 8.00. The Balaban J connectivity index is 2.06. The maximum absolute atomic E-state index is 13.6. The second kappa shape index (κ2) is 26.9. The van der Waals surface area contributed by atoms with E-state index in [0.717, 1.165) is 9.80 Å². The average Bonchev–Trinajstić information content (AvgIpc) is 3.65. The molecule has 0 saturated carbocycles. The summed E-state index contributed by atoms with van der Waals surface area (Å²) in [5, 5.41) is 16.9. The van der Waals surface area contributed by atoms with Crippen LogP contribution in [0.25, 0.3) is 0 Å². The molecule has 2 heterocycles. The Hall–Kier alpha value is -5.13. The SMILES string of the molecule is CCOC(=O)NCCCCC(NC(=O)OCC)C(=O)NC(CC(=O)NCCNC(=O)CCN1C(=O)CC(SC)C1=O)CC(=O)NC(C)NC(=O)C(C)N1C(=O)CC(SC)C1=O. The van der Waals surface area contributed by atoms with Crippen LogP contribution in [-0.2, 0) is 52.6 Å². The van der Waals surface area contributed by atoms with Crippen LogP contribution in [-0.4, -0.2) is 162 Å². The first kappa shape index (κ1) is 52.0. The number of unbranched alkanes of at least 4 members (excludes halogenated alkanes) is 1. The van der Waals surface area contributed by atoms with Gasteiger partial charge in [0.05, 0.1) is 29.9 Å². The molecule has 0 aromatic rings. The van der Waals surface area contributed by atoms with Crippen LogP contribution >= 0.6 is 23.5 Å². The third-order valence-corrected chi connectivity index (χ3v) is 11.2. The number of carbonyl (C=O) groups excluding carboxylic acids is 11. The first-order valence-electron chi connectivity index (χ1n) is 20.0. The van der Waals surface area contributed by atoms with Gasteiger partial charge in [0, 0.05) is 64.3 Å². The Morgan fingerprint density at radius 1 is 0.672 bits per heavy atom. The Morgan fingerprint density at radius 2 is 1.26 bits per heavy atom. The summed E-state index contributed by atoms with van der Waals surface area (Å²) in [6, 6.07) is -3.50. The van der Waals surface area contributed by atoms with Gasteiger partial charge in [-0.05, 0) is 59.5 Å². The van der Waals surface area contributed by atoms with Crippen molar-refractivity contribution >= 4 is 88.9 Å². The van der Waals surface area contributed by atoms with Crippen LogP contribution in [0.5, 0.6) is 0 Å². The van der Waals surface area contributed by atoms with Gasteiger partial charge < -0.3 is 46.7 Å². The lowest BCUT2D eigenvalue weighted by atomic mass is 10.1. The summed E-state index contributed by atoms with van der Waals surface area (Å²) >= 11 is 2.46. The third-order valence-electron chi connectivity index (χ3n) is 9.31. The van der Waals surface area contributed by atoms with E-state index in [4.69, 9.17) is 9.47 Å². The molecule has 22 nitrogen and oxygen atoms in total. The third kappa shape index (κ3) is 17.8. The number of hydrogen-bond acceptors (Lipinski definition) is 15. The predicted molar refractivity (Wildman–Crippen MR) is 222 cm³/mol. The summed E-state index contributed by atoms with van der Waals surface area (Å²) in [4.78, 5) is 141. The number of rotatable bonds is 26. The van der Waals surface area contributed by atoms with E-state index in [9.17, 15) is 52.7 Å². The van der Waals surface area contributed by atoms with E-state index in [1.807, 2.05) is 0 Å². The molecule has 0 aliphatic carbocycles. The number of nitrogens with zero attached hydrogens (tertiary/aromatic N) is 2. The van der Waals surface area contributed by atoms with Crippen LogP contribution < -0.4 is 37.2 Å². The van der Waals surface area contributed by atoms with Crippen LogP contribution in [0.15, 0.2) is 0 Å². The zero-order valence-electron chi connectivity index (χ0n) is 35.4. The van der Waals surface area contributed by atoms with Crippen molar-refractivity contribution in [1.82, 2.24) is 47.0 Å². The van der Waals surface area contributed by atoms with Gasteiger partial charge >= 0.3 is 12.2 Å². The zero-order chi connectivity index (χ0) is 45.6. The number of ether oxygens (including phenoxy) is 2. The van der Waals surface area contributed by atoms with Gasteiger partial charge in [0.1, 0.15) is 12.1 Å². The molecule has 6 atom stereocenters. The maximum atomic E-state index is 13.6. The molecule has 0 aromatic heterocycles. The molecule has 2 aliphatic rings. The van der Waals surface area contributed by atoms with Crippen molar-refractivity contribution in [3.8, 4) is 0 Å². The van der Waals surface area contributed by atoms with Crippen molar-refractivity contribution < 1.29 is 62.2 Å². The topological polar surface area (TPSA) is 297 Å². The molecule has 24 heteroatoms. The van der Waals surface area contributed by atoms with Gasteiger partial charge in [0.25, 0.3) is 0 Å². The second-order valence-corrected chi connectivity index (χ2v) is 16.0. The largest absolute Gasteiger partial charge is 0.450 e. The molecule has 342 valence electrons. The Labute approximate surface area is 362 Å². The molecular formula is C37H59N9O13S2. The number of alkyl carbamates (subject to hydrolysis) is 2. The highest BCUT2D eigenvalue weighted by Gasteiger charge is 2.43. The molecule has 2 saturated heterocycles. The number of carbonyl (C=O) groups is 11. The quantitative estimate of drug-likeness (QED) is 0.0307. The first-order valence-corrected chi connectivity index (χ1v) is 22.6. The van der Waals surface area contributed by atoms with E-state index in [-0.39, 0.29) is 76.9 Å². The lowest BCUT2D eigenvalue weighted by Gasteiger charge is -2.26. The first-order chi connectivity index (χ1) is 28.9. The minimum absolute atomic E-state index is 0.0138. The second-order valence-electron chi connectivity index (χ2n) is 13.9. The molecule has 2 aliphatic heterocycles. The molecule has 6 unspecified atom stereocenters. The van der Waals surface area contributed by atoms with Gasteiger partial charge in [-0.2, -0.15) is 23.5 Å². The van der Waals surface area contributed by atoms with Crippen molar-refractivity contribution in [2.75, 3.05) is 51.9 Å². The number of likely N-dealkylation sites (tertiary alicyclic amines) is 2. The van der Waals surface area contributed by atoms with E-state index in [1.54, 1.807) is 26.4 Å². The number of nitrogens with one attached hydrogen (secondary N) is 7. The normalized spacial score (nSPS) is 18.1. The van der Waals surface area contributed by atoms with Crippen molar-refractivity contribution in [2.24, 2.45) is 0 Å². The van der Waals surface area contributed by atoms with Crippen molar-refractivity contribution in [3.05, 3.63) is 0 Å². The lowest BCUT2D eigenvalue weighted by Crippen LogP contribution is -2.55. The summed E-state index contributed by atoms with van der Waals surface area (Å²) in [5.41, 5.74) is 0. The molecular weight excluding hydrogens is 843 g/mol. The minimum atomic E-state index is -1.18. The Morgan fingerprint density at radius 3 is 1.87 bits per heavy atom. The molecule has 0 bridgehead atoms. The smallest absolute Gasteiger partial charge is 0.407 e. The maximum Gasteiger partial charge on any atom is 0.407 e. The highest BCUT2D eigenvalue weighted by atomic mass is 32.2. The number of imide groups is 2. The van der Waals surface area contributed by atoms with Crippen LogP contribution in [0, 0.1) is 0 Å². The van der Waals surface area contributed by atoms with Gasteiger partial charge in [-0.25, -0.2) is 9.59 Å². The zero-order valence-corrected chi connectivity index (χ0v) is 37.0. The average molecular weight is 902 g/mol. The summed E-state index contributed by atoms with van der Waals surface area (Å²) < 4.78 is 9.77. The van der Waals surface area contributed by atoms with Gasteiger partial charge in [-0.15, -0.1) is 0 Å². The Kier molecular flexibility index (Phi) is 23.0. The van der Waals surface area contributed by atoms with E-state index in [0.29, 0.717) is 12.8 Å². The standard InChI is InChI=1S/C37H59N9O13S2/c1-7-58-36(56)40-13-10-9-11-24(44-37(57)59-8-2)33(53)43-23(17-28(48)39-15-14-38-27(47)12-16-45-30(50)19-25(60-5)34(45)54)18-29(49)41-22(4)42-32(52)21(3)46-31(51)20-26(61-6)35(46)55/h21-26H,7-20H2,1-6H3,(H,38,47)(H,39,48)(H,40,56)(H,41,49)(H,42,52)(H,43,53)(H,44,57). The molecule has 0 aromatic carbocycles. The van der Waals surface area contributed by atoms with E-state index < -0.39 is 101 Å². The monoisotopic (exact) mass is 901 g/mol. The summed E-state index contributed by atoms with van der Waals surface area (Å²) in [6.07, 6.45) is 0.721. The molecule has 2 rings (SSSR count). The van der Waals surface area contributed by atoms with Gasteiger partial charge in [0.2, 0.25) is 53.2 Å². The van der Waals surface area contributed by atoms with Gasteiger partial charge in [0.15, 0.2) is 0 Å². The summed E-state index contributed by atoms with van der Waals surface area (Å²) in [6.45, 7) is 6.33. The van der Waals surface area contributed by atoms with Crippen LogP contribution in [0.3, 0.4) is 0 Å². The lowest BCUT2D eigenvalue weighted by molar-refractivity contribution is -0.146. The molecule has 11 amide bonds. The predicted octanol–water partition coefficient (Wildman–Crippen LogP) is -1.15. The molecule has 2 fully saturated rings. The fourth-order valence-corrected chi connectivity index (χ4v) is 7.47. The highest BCUT2D eigenvalue weighted by Crippen LogP contribution is 2.25. The molecule has 61 heavy (non-hydrogen) atoms. The Bertz CT molecular complexity index is 1620. The van der Waals surface area contributed by atoms with Crippen molar-refractivity contribution in [3.63, 3.8) is 0 Å². The van der Waals surface area contributed by atoms with E-state index >= 15 is 0 Å². The van der Waals surface area contributed by atoms with Crippen LogP contribution in [0.1, 0.15) is 79.1 Å². The van der Waals surface area contributed by atoms with Crippen LogP contribution in [0.4, 0.5) is 9.59 Å². The number of hydrogen-bond donors (Lipinski definition) is 7. The summed E-state index contributed by atoms with van der Waals surface area (Å²) in [7, 11) is 0. The minimum Gasteiger partial charge on any atom is -0.450 e. The molecule has 7 N–H and O–H groups in total. The van der Waals surface area contributed by atoms with Gasteiger partial charge in [-0.1, -0.05) is 0 Å².